The molecule has 1 heterocycles. The Hall–Kier alpha value is -1.31. The maximum Gasteiger partial charge on any atom is 0.0524 e. The number of hydrogen-bond donors (Lipinski definition) is 0. The minimum atomic E-state index is 0.596. The molecule has 0 unspecified atom stereocenters. The van der Waals surface area contributed by atoms with Gasteiger partial charge in [-0.25, -0.2) is 0 Å². The Balaban J connectivity index is 0. The van der Waals surface area contributed by atoms with E-state index in [1.807, 2.05) is 57.0 Å². The summed E-state index contributed by atoms with van der Waals surface area (Å²) in [5, 5.41) is 4.05. The molecule has 16 heavy (non-hydrogen) atoms. The average Bonchev–Trinajstić information content (AvgIpc) is 2.70. The van der Waals surface area contributed by atoms with Crippen molar-refractivity contribution in [3.8, 4) is 0 Å². The molecule has 2 nitrogen and oxygen atoms in total. The summed E-state index contributed by atoms with van der Waals surface area (Å²) < 4.78 is 1.83. The van der Waals surface area contributed by atoms with Crippen LogP contribution in [-0.4, -0.2) is 9.78 Å². The van der Waals surface area contributed by atoms with Gasteiger partial charge in [-0.2, -0.15) is 5.10 Å². The molecule has 0 saturated carbocycles. The molecule has 1 aromatic heterocycles. The molecule has 0 aliphatic carbocycles. The lowest BCUT2D eigenvalue weighted by atomic mass is 10.1. The minimum absolute atomic E-state index is 0.596. The van der Waals surface area contributed by atoms with Gasteiger partial charge in [-0.1, -0.05) is 52.5 Å². The van der Waals surface area contributed by atoms with Crippen LogP contribution in [0.4, 0.5) is 0 Å². The molecule has 0 aromatic carbocycles. The second-order valence-corrected chi connectivity index (χ2v) is 3.36. The highest BCUT2D eigenvalue weighted by molar-refractivity contribution is 5.08. The Morgan fingerprint density at radius 2 is 1.94 bits per heavy atom. The van der Waals surface area contributed by atoms with Crippen LogP contribution >= 0.6 is 0 Å². The molecule has 0 saturated heterocycles. The van der Waals surface area contributed by atoms with Crippen LogP contribution in [0.5, 0.6) is 0 Å². The summed E-state index contributed by atoms with van der Waals surface area (Å²) in [4.78, 5) is 0. The zero-order chi connectivity index (χ0) is 13.0. The SMILES string of the molecule is C=C/C=C\C.CC.CC(C)c1cnn(C)c1. The van der Waals surface area contributed by atoms with E-state index in [0.29, 0.717) is 5.92 Å². The number of allylic oxidation sites excluding steroid dienone is 3. The van der Waals surface area contributed by atoms with E-state index in [-0.39, 0.29) is 0 Å². The molecule has 0 bridgehead atoms. The van der Waals surface area contributed by atoms with E-state index in [9.17, 15) is 0 Å². The number of nitrogens with zero attached hydrogens (tertiary/aromatic N) is 2. The number of aryl methyl sites for hydroxylation is 1. The quantitative estimate of drug-likeness (QED) is 0.681. The summed E-state index contributed by atoms with van der Waals surface area (Å²) >= 11 is 0. The predicted octanol–water partition coefficient (Wildman–Crippen LogP) is 4.32. The van der Waals surface area contributed by atoms with Crippen molar-refractivity contribution < 1.29 is 0 Å². The van der Waals surface area contributed by atoms with Crippen molar-refractivity contribution in [2.45, 2.75) is 40.5 Å². The van der Waals surface area contributed by atoms with Crippen LogP contribution in [0.2, 0.25) is 0 Å². The summed E-state index contributed by atoms with van der Waals surface area (Å²) in [5.74, 6) is 0.596. The first-order valence-corrected chi connectivity index (χ1v) is 5.84. The molecule has 1 rings (SSSR count). The third-order valence-electron chi connectivity index (χ3n) is 1.72. The van der Waals surface area contributed by atoms with Crippen LogP contribution in [-0.2, 0) is 7.05 Å². The fourth-order valence-corrected chi connectivity index (χ4v) is 0.874. The normalized spacial score (nSPS) is 9.19. The topological polar surface area (TPSA) is 17.8 Å². The van der Waals surface area contributed by atoms with E-state index < -0.39 is 0 Å². The summed E-state index contributed by atoms with van der Waals surface area (Å²) in [6.45, 7) is 13.8. The standard InChI is InChI=1S/C7H12N2.C5H8.C2H6/c1-6(2)7-4-8-9(3)5-7;1-3-5-4-2;1-2/h4-6H,1-3H3;3-5H,1H2,2H3;1-2H3/b;5-4-;. The Morgan fingerprint density at radius 3 is 2.06 bits per heavy atom. The maximum atomic E-state index is 4.05. The Morgan fingerprint density at radius 1 is 1.38 bits per heavy atom. The molecule has 0 fully saturated rings. The van der Waals surface area contributed by atoms with Gasteiger partial charge in [0.1, 0.15) is 0 Å². The van der Waals surface area contributed by atoms with E-state index in [0.717, 1.165) is 0 Å². The monoisotopic (exact) mass is 222 g/mol. The zero-order valence-electron chi connectivity index (χ0n) is 11.6. The van der Waals surface area contributed by atoms with E-state index in [1.165, 1.54) is 5.56 Å². The molecule has 0 atom stereocenters. The lowest BCUT2D eigenvalue weighted by molar-refractivity contribution is 0.764. The van der Waals surface area contributed by atoms with Gasteiger partial charge in [0.05, 0.1) is 6.20 Å². The van der Waals surface area contributed by atoms with Crippen LogP contribution in [0.3, 0.4) is 0 Å². The molecule has 0 aliphatic heterocycles. The Kier molecular flexibility index (Phi) is 12.6. The van der Waals surface area contributed by atoms with Crippen LogP contribution in [0.15, 0.2) is 37.2 Å². The average molecular weight is 222 g/mol. The van der Waals surface area contributed by atoms with E-state index in [1.54, 1.807) is 6.08 Å². The molecule has 1 aromatic rings. The molecule has 0 radical (unpaired) electrons. The fraction of sp³-hybridized carbons (Fsp3) is 0.500. The van der Waals surface area contributed by atoms with Crippen molar-refractivity contribution >= 4 is 0 Å². The highest BCUT2D eigenvalue weighted by Gasteiger charge is 1.98. The van der Waals surface area contributed by atoms with Gasteiger partial charge in [-0.05, 0) is 18.4 Å². The molecule has 0 aliphatic rings. The summed E-state index contributed by atoms with van der Waals surface area (Å²) in [5.41, 5.74) is 1.30. The third-order valence-corrected chi connectivity index (χ3v) is 1.72. The van der Waals surface area contributed by atoms with Gasteiger partial charge in [0.15, 0.2) is 0 Å². The molecule has 0 N–H and O–H groups in total. The van der Waals surface area contributed by atoms with Crippen LogP contribution in [0.25, 0.3) is 0 Å². The Labute approximate surface area is 101 Å². The first kappa shape index (κ1) is 17.1. The Bertz CT molecular complexity index is 283. The second kappa shape index (κ2) is 11.8. The largest absolute Gasteiger partial charge is 0.276 e. The maximum absolute atomic E-state index is 4.05. The van der Waals surface area contributed by atoms with E-state index in [2.05, 4.69) is 25.5 Å². The fourth-order valence-electron chi connectivity index (χ4n) is 0.874. The van der Waals surface area contributed by atoms with Crippen molar-refractivity contribution in [1.29, 1.82) is 0 Å². The second-order valence-electron chi connectivity index (χ2n) is 3.36. The molecular weight excluding hydrogens is 196 g/mol. The van der Waals surface area contributed by atoms with Crippen LogP contribution in [0, 0.1) is 0 Å². The summed E-state index contributed by atoms with van der Waals surface area (Å²) in [7, 11) is 1.94. The van der Waals surface area contributed by atoms with Crippen LogP contribution < -0.4 is 0 Å². The van der Waals surface area contributed by atoms with Crippen molar-refractivity contribution in [2.75, 3.05) is 0 Å². The predicted molar refractivity (Wildman–Crippen MR) is 73.7 cm³/mol. The van der Waals surface area contributed by atoms with Crippen molar-refractivity contribution in [2.24, 2.45) is 7.05 Å². The molecular formula is C14H26N2. The van der Waals surface area contributed by atoms with Gasteiger partial charge < -0.3 is 0 Å². The molecule has 92 valence electrons. The van der Waals surface area contributed by atoms with Crippen molar-refractivity contribution in [1.82, 2.24) is 9.78 Å². The number of hydrogen-bond acceptors (Lipinski definition) is 1. The van der Waals surface area contributed by atoms with Crippen molar-refractivity contribution in [3.63, 3.8) is 0 Å². The third kappa shape index (κ3) is 9.25. The lowest BCUT2D eigenvalue weighted by Crippen LogP contribution is -1.85. The van der Waals surface area contributed by atoms with Gasteiger partial charge in [0, 0.05) is 13.2 Å². The first-order valence-electron chi connectivity index (χ1n) is 5.84. The van der Waals surface area contributed by atoms with Gasteiger partial charge >= 0.3 is 0 Å². The van der Waals surface area contributed by atoms with E-state index in [4.69, 9.17) is 0 Å². The van der Waals surface area contributed by atoms with Gasteiger partial charge in [-0.15, -0.1) is 0 Å². The highest BCUT2D eigenvalue weighted by atomic mass is 15.2. The molecule has 0 spiro atoms. The number of aromatic nitrogens is 2. The number of rotatable bonds is 2. The highest BCUT2D eigenvalue weighted by Crippen LogP contribution is 2.10. The summed E-state index contributed by atoms with van der Waals surface area (Å²) in [6, 6.07) is 0. The van der Waals surface area contributed by atoms with Crippen LogP contribution in [0.1, 0.15) is 46.1 Å². The van der Waals surface area contributed by atoms with Gasteiger partial charge in [-0.3, -0.25) is 4.68 Å². The lowest BCUT2D eigenvalue weighted by Gasteiger charge is -1.95. The molecule has 2 heteroatoms. The zero-order valence-corrected chi connectivity index (χ0v) is 11.6. The summed E-state index contributed by atoms with van der Waals surface area (Å²) in [6.07, 6.45) is 9.53. The van der Waals surface area contributed by atoms with Gasteiger partial charge in [0.25, 0.3) is 0 Å². The van der Waals surface area contributed by atoms with Crippen molar-refractivity contribution in [3.05, 3.63) is 42.8 Å². The van der Waals surface area contributed by atoms with Gasteiger partial charge in [0.2, 0.25) is 0 Å². The minimum Gasteiger partial charge on any atom is -0.276 e. The molecule has 0 amide bonds. The van der Waals surface area contributed by atoms with E-state index >= 15 is 0 Å². The smallest absolute Gasteiger partial charge is 0.0524 e. The first-order chi connectivity index (χ1) is 7.61.